The van der Waals surface area contributed by atoms with Crippen molar-refractivity contribution in [1.82, 2.24) is 14.5 Å². The van der Waals surface area contributed by atoms with Crippen molar-refractivity contribution in [3.63, 3.8) is 0 Å². The van der Waals surface area contributed by atoms with E-state index in [0.717, 1.165) is 36.2 Å². The maximum atomic E-state index is 13.2. The molecule has 2 N–H and O–H groups in total. The number of aliphatic hydroxyl groups excluding tert-OH is 1. The fourth-order valence-corrected chi connectivity index (χ4v) is 7.49. The average molecular weight is 575 g/mol. The lowest BCUT2D eigenvalue weighted by Gasteiger charge is -2.34. The van der Waals surface area contributed by atoms with Crippen LogP contribution in [0.25, 0.3) is 0 Å². The van der Waals surface area contributed by atoms with E-state index < -0.39 is 21.7 Å². The molecule has 2 fully saturated rings. The molecule has 10 heteroatoms. The fraction of sp³-hybridized carbons (Fsp3) is 0.700. The first-order valence-corrected chi connectivity index (χ1v) is 16.7. The van der Waals surface area contributed by atoms with Gasteiger partial charge in [-0.3, -0.25) is 14.6 Å². The van der Waals surface area contributed by atoms with Crippen LogP contribution >= 0.6 is 0 Å². The molecule has 2 saturated heterocycles. The number of benzene rings is 1. The summed E-state index contributed by atoms with van der Waals surface area (Å²) in [5.74, 6) is 0.542. The number of rotatable bonds is 13. The van der Waals surface area contributed by atoms with Gasteiger partial charge in [-0.25, -0.2) is 12.7 Å². The predicted molar refractivity (Wildman–Crippen MR) is 157 cm³/mol. The van der Waals surface area contributed by atoms with E-state index in [9.17, 15) is 23.1 Å². The van der Waals surface area contributed by atoms with E-state index in [-0.39, 0.29) is 30.7 Å². The number of likely N-dealkylation sites (tertiary alicyclic amines) is 1. The van der Waals surface area contributed by atoms with Gasteiger partial charge in [0.15, 0.2) is 0 Å². The number of hydrogen-bond donors (Lipinski definition) is 2. The van der Waals surface area contributed by atoms with Crippen LogP contribution < -0.4 is 5.32 Å². The lowest BCUT2D eigenvalue weighted by Crippen LogP contribution is -2.50. The third-order valence-electron chi connectivity index (χ3n) is 8.66. The highest BCUT2D eigenvalue weighted by Crippen LogP contribution is 2.32. The molecule has 0 bridgehead atoms. The Hall–Kier alpha value is -2.30. The molecule has 0 saturated carbocycles. The third-order valence-corrected chi connectivity index (χ3v) is 10.5. The summed E-state index contributed by atoms with van der Waals surface area (Å²) in [5.41, 5.74) is 1.50. The number of hydrogen-bond acceptors (Lipinski definition) is 6. The maximum absolute atomic E-state index is 13.2. The molecule has 222 valence electrons. The number of carbonyl (C=O) groups excluding carboxylic acids is 2. The van der Waals surface area contributed by atoms with Crippen LogP contribution in [0.1, 0.15) is 99.0 Å². The van der Waals surface area contributed by atoms with Gasteiger partial charge in [-0.1, -0.05) is 51.5 Å². The van der Waals surface area contributed by atoms with Crippen LogP contribution in [0.4, 0.5) is 0 Å². The Balaban J connectivity index is 1.25. The summed E-state index contributed by atoms with van der Waals surface area (Å²) in [6.45, 7) is 5.58. The van der Waals surface area contributed by atoms with Crippen molar-refractivity contribution in [3.05, 3.63) is 34.9 Å². The van der Waals surface area contributed by atoms with Crippen molar-refractivity contribution in [2.75, 3.05) is 31.9 Å². The molecule has 40 heavy (non-hydrogen) atoms. The minimum absolute atomic E-state index is 0.0224. The molecule has 3 aliphatic rings. The van der Waals surface area contributed by atoms with Gasteiger partial charge in [-0.05, 0) is 62.3 Å². The van der Waals surface area contributed by atoms with Gasteiger partial charge in [-0.15, -0.1) is 0 Å². The predicted octanol–water partition coefficient (Wildman–Crippen LogP) is 3.58. The molecule has 0 radical (unpaired) electrons. The average Bonchev–Trinajstić information content (AvgIpc) is 3.49. The molecule has 3 heterocycles. The summed E-state index contributed by atoms with van der Waals surface area (Å²) in [6, 6.07) is 5.38. The Labute approximate surface area is 239 Å². The zero-order chi connectivity index (χ0) is 28.8. The SMILES string of the molecule is CCCCCCCCCC1=NC2(CCN(S(=O)(=O)CCc3ccc(C(=O)N4CCC(O)C4)cc3C)CC2)C(=O)N1. The van der Waals surface area contributed by atoms with Gasteiger partial charge in [0.2, 0.25) is 10.0 Å². The van der Waals surface area contributed by atoms with E-state index in [2.05, 4.69) is 12.2 Å². The number of nitrogens with one attached hydrogen (secondary N) is 1. The molecule has 1 spiro atoms. The standard InChI is InChI=1S/C30H46N4O5S/c1-3-4-5-6-7-8-9-10-27-31-29(37)30(32-27)15-18-34(19-16-30)40(38,39)20-14-24-11-12-25(21-23(24)2)28(36)33-17-13-26(35)22-33/h11-12,21,26,35H,3-10,13-20,22H2,1-2H3,(H,31,32,37). The van der Waals surface area contributed by atoms with Crippen LogP contribution in [-0.2, 0) is 21.2 Å². The lowest BCUT2D eigenvalue weighted by atomic mass is 9.89. The van der Waals surface area contributed by atoms with Crippen molar-refractivity contribution < 1.29 is 23.1 Å². The number of piperidine rings is 1. The van der Waals surface area contributed by atoms with Gasteiger partial charge in [0.05, 0.1) is 11.9 Å². The molecule has 0 aliphatic carbocycles. The number of aryl methyl sites for hydroxylation is 2. The number of sulfonamides is 1. The van der Waals surface area contributed by atoms with Crippen molar-refractivity contribution in [2.45, 2.75) is 103 Å². The Bertz CT molecular complexity index is 1190. The van der Waals surface area contributed by atoms with Crippen LogP contribution in [0.5, 0.6) is 0 Å². The van der Waals surface area contributed by atoms with Gasteiger partial charge in [-0.2, -0.15) is 0 Å². The van der Waals surface area contributed by atoms with Crippen LogP contribution in [-0.4, -0.2) is 84.0 Å². The van der Waals surface area contributed by atoms with Gasteiger partial charge in [0, 0.05) is 38.2 Å². The smallest absolute Gasteiger partial charge is 0.253 e. The number of amidine groups is 1. The minimum atomic E-state index is -3.50. The maximum Gasteiger partial charge on any atom is 0.253 e. The molecule has 0 aromatic heterocycles. The highest BCUT2D eigenvalue weighted by Gasteiger charge is 2.47. The molecular weight excluding hydrogens is 528 g/mol. The lowest BCUT2D eigenvalue weighted by molar-refractivity contribution is -0.124. The van der Waals surface area contributed by atoms with Crippen LogP contribution in [0, 0.1) is 6.92 Å². The second-order valence-electron chi connectivity index (χ2n) is 11.7. The monoisotopic (exact) mass is 574 g/mol. The molecule has 1 atom stereocenters. The van der Waals surface area contributed by atoms with E-state index in [1.54, 1.807) is 17.0 Å². The molecule has 1 unspecified atom stereocenters. The zero-order valence-corrected chi connectivity index (χ0v) is 25.0. The number of amides is 2. The Morgan fingerprint density at radius 1 is 1.07 bits per heavy atom. The van der Waals surface area contributed by atoms with Crippen molar-refractivity contribution in [3.8, 4) is 0 Å². The summed E-state index contributed by atoms with van der Waals surface area (Å²) >= 11 is 0. The quantitative estimate of drug-likeness (QED) is 0.349. The third kappa shape index (κ3) is 7.50. The van der Waals surface area contributed by atoms with E-state index in [0.29, 0.717) is 44.3 Å². The van der Waals surface area contributed by atoms with Gasteiger partial charge in [0.25, 0.3) is 11.8 Å². The molecule has 4 rings (SSSR count). The number of carbonyl (C=O) groups is 2. The van der Waals surface area contributed by atoms with Gasteiger partial charge < -0.3 is 15.3 Å². The Kier molecular flexibility index (Phi) is 10.4. The number of β-amino-alcohol motifs (C(OH)–C–C–N with tert-alkyl or cyclic N) is 1. The summed E-state index contributed by atoms with van der Waals surface area (Å²) in [7, 11) is -3.50. The summed E-state index contributed by atoms with van der Waals surface area (Å²) in [6.07, 6.45) is 10.5. The first-order valence-electron chi connectivity index (χ1n) is 15.1. The number of aliphatic imine (C=N–C) groups is 1. The molecule has 3 aliphatic heterocycles. The summed E-state index contributed by atoms with van der Waals surface area (Å²) in [5, 5.41) is 12.7. The largest absolute Gasteiger partial charge is 0.391 e. The molecule has 2 amide bonds. The molecular formula is C30H46N4O5S. The van der Waals surface area contributed by atoms with E-state index >= 15 is 0 Å². The fourth-order valence-electron chi connectivity index (χ4n) is 6.01. The summed E-state index contributed by atoms with van der Waals surface area (Å²) in [4.78, 5) is 32.0. The number of unbranched alkanes of at least 4 members (excludes halogenated alkanes) is 6. The molecule has 9 nitrogen and oxygen atoms in total. The normalized spacial score (nSPS) is 21.2. The number of nitrogens with zero attached hydrogens (tertiary/aromatic N) is 3. The molecule has 1 aromatic rings. The van der Waals surface area contributed by atoms with Crippen molar-refractivity contribution >= 4 is 27.7 Å². The Morgan fingerprint density at radius 2 is 1.77 bits per heavy atom. The van der Waals surface area contributed by atoms with Gasteiger partial charge >= 0.3 is 0 Å². The van der Waals surface area contributed by atoms with Crippen molar-refractivity contribution in [1.29, 1.82) is 0 Å². The van der Waals surface area contributed by atoms with Crippen LogP contribution in [0.2, 0.25) is 0 Å². The van der Waals surface area contributed by atoms with Crippen molar-refractivity contribution in [2.24, 2.45) is 4.99 Å². The second kappa shape index (κ2) is 13.6. The second-order valence-corrected chi connectivity index (χ2v) is 13.8. The molecule has 1 aromatic carbocycles. The first kappa shape index (κ1) is 30.7. The summed E-state index contributed by atoms with van der Waals surface area (Å²) < 4.78 is 27.8. The Morgan fingerprint density at radius 3 is 2.42 bits per heavy atom. The van der Waals surface area contributed by atoms with Crippen LogP contribution in [0.15, 0.2) is 23.2 Å². The first-order chi connectivity index (χ1) is 19.1. The minimum Gasteiger partial charge on any atom is -0.391 e. The highest BCUT2D eigenvalue weighted by molar-refractivity contribution is 7.89. The van der Waals surface area contributed by atoms with Crippen LogP contribution in [0.3, 0.4) is 0 Å². The van der Waals surface area contributed by atoms with E-state index in [1.165, 1.54) is 36.4 Å². The zero-order valence-electron chi connectivity index (χ0n) is 24.2. The topological polar surface area (TPSA) is 119 Å². The number of aliphatic hydroxyl groups is 1. The van der Waals surface area contributed by atoms with E-state index in [1.807, 2.05) is 13.0 Å². The van der Waals surface area contributed by atoms with E-state index in [4.69, 9.17) is 4.99 Å². The van der Waals surface area contributed by atoms with Gasteiger partial charge in [0.1, 0.15) is 11.4 Å². The highest BCUT2D eigenvalue weighted by atomic mass is 32.2.